The van der Waals surface area contributed by atoms with Crippen molar-refractivity contribution < 1.29 is 13.2 Å². The summed E-state index contributed by atoms with van der Waals surface area (Å²) in [5, 5.41) is 7.01. The molecule has 1 fully saturated rings. The Morgan fingerprint density at radius 2 is 1.83 bits per heavy atom. The maximum absolute atomic E-state index is 12.5. The van der Waals surface area contributed by atoms with Crippen molar-refractivity contribution in [1.29, 1.82) is 0 Å². The van der Waals surface area contributed by atoms with E-state index in [0.29, 0.717) is 17.8 Å². The van der Waals surface area contributed by atoms with Gasteiger partial charge in [-0.3, -0.25) is 9.48 Å². The van der Waals surface area contributed by atoms with Crippen molar-refractivity contribution in [3.63, 3.8) is 0 Å². The molecular weight excluding hydrogens is 388 g/mol. The second-order valence-electron chi connectivity index (χ2n) is 7.14. The Balaban J connectivity index is 1.41. The van der Waals surface area contributed by atoms with Crippen LogP contribution in [0.25, 0.3) is 0 Å². The molecule has 1 amide bonds. The van der Waals surface area contributed by atoms with Crippen molar-refractivity contribution >= 4 is 21.6 Å². The highest BCUT2D eigenvalue weighted by Gasteiger charge is 2.34. The maximum atomic E-state index is 12.5. The minimum Gasteiger partial charge on any atom is -0.322 e. The summed E-state index contributed by atoms with van der Waals surface area (Å²) >= 11 is 0. The number of nitrogens with zero attached hydrogens (tertiary/aromatic N) is 3. The Morgan fingerprint density at radius 1 is 1.14 bits per heavy atom. The van der Waals surface area contributed by atoms with E-state index in [4.69, 9.17) is 0 Å². The zero-order chi connectivity index (χ0) is 20.4. The largest absolute Gasteiger partial charge is 0.322 e. The molecule has 1 heterocycles. The van der Waals surface area contributed by atoms with Crippen molar-refractivity contribution in [3.05, 3.63) is 78.1 Å². The number of aromatic nitrogens is 2. The molecule has 2 aromatic carbocycles. The molecule has 29 heavy (non-hydrogen) atoms. The molecule has 1 aliphatic rings. The second-order valence-corrected chi connectivity index (χ2v) is 9.14. The standard InChI is InChI=1S/C21H22N4O3S/c1-24(19-9-10-19)29(27,28)20-11-7-18(8-12-20)23-21(26)17-13-22-25(15-17)14-16-5-3-2-4-6-16/h2-8,11-13,15,19H,9-10,14H2,1H3,(H,23,26). The van der Waals surface area contributed by atoms with Crippen LogP contribution in [0, 0.1) is 0 Å². The monoisotopic (exact) mass is 410 g/mol. The van der Waals surface area contributed by atoms with Gasteiger partial charge in [-0.05, 0) is 42.7 Å². The van der Waals surface area contributed by atoms with Crippen molar-refractivity contribution in [3.8, 4) is 0 Å². The van der Waals surface area contributed by atoms with E-state index in [0.717, 1.165) is 18.4 Å². The van der Waals surface area contributed by atoms with Crippen molar-refractivity contribution in [2.45, 2.75) is 30.3 Å². The lowest BCUT2D eigenvalue weighted by molar-refractivity contribution is 0.102. The number of sulfonamides is 1. The highest BCUT2D eigenvalue weighted by molar-refractivity contribution is 7.89. The summed E-state index contributed by atoms with van der Waals surface area (Å²) in [6, 6.07) is 16.2. The Hall–Kier alpha value is -2.97. The van der Waals surface area contributed by atoms with Crippen LogP contribution in [0.15, 0.2) is 71.9 Å². The summed E-state index contributed by atoms with van der Waals surface area (Å²) in [4.78, 5) is 12.7. The van der Waals surface area contributed by atoms with Gasteiger partial charge in [0.05, 0.1) is 23.2 Å². The number of carbonyl (C=O) groups is 1. The first kappa shape index (κ1) is 19.4. The van der Waals surface area contributed by atoms with Gasteiger partial charge in [0.1, 0.15) is 0 Å². The Kier molecular flexibility index (Phi) is 5.21. The molecule has 8 heteroatoms. The molecule has 1 N–H and O–H groups in total. The van der Waals surface area contributed by atoms with E-state index in [1.165, 1.54) is 22.6 Å². The minimum atomic E-state index is -3.49. The van der Waals surface area contributed by atoms with E-state index in [-0.39, 0.29) is 16.8 Å². The van der Waals surface area contributed by atoms with Crippen molar-refractivity contribution in [1.82, 2.24) is 14.1 Å². The molecule has 0 unspecified atom stereocenters. The third-order valence-corrected chi connectivity index (χ3v) is 6.86. The minimum absolute atomic E-state index is 0.104. The number of hydrogen-bond donors (Lipinski definition) is 1. The molecule has 0 bridgehead atoms. The number of amides is 1. The molecule has 7 nitrogen and oxygen atoms in total. The second kappa shape index (κ2) is 7.81. The van der Waals surface area contributed by atoms with Crippen LogP contribution < -0.4 is 5.32 Å². The normalized spacial score (nSPS) is 14.1. The fourth-order valence-corrected chi connectivity index (χ4v) is 4.47. The van der Waals surface area contributed by atoms with Gasteiger partial charge < -0.3 is 5.32 Å². The van der Waals surface area contributed by atoms with Crippen LogP contribution in [0.4, 0.5) is 5.69 Å². The lowest BCUT2D eigenvalue weighted by Crippen LogP contribution is -2.28. The predicted molar refractivity (Wildman–Crippen MR) is 110 cm³/mol. The van der Waals surface area contributed by atoms with Crippen LogP contribution in [-0.2, 0) is 16.6 Å². The molecule has 4 rings (SSSR count). The highest BCUT2D eigenvalue weighted by atomic mass is 32.2. The average Bonchev–Trinajstić information content (AvgIpc) is 3.47. The zero-order valence-electron chi connectivity index (χ0n) is 16.0. The van der Waals surface area contributed by atoms with Crippen molar-refractivity contribution in [2.75, 3.05) is 12.4 Å². The number of carbonyl (C=O) groups excluding carboxylic acids is 1. The Labute approximate surface area is 170 Å². The average molecular weight is 410 g/mol. The fraction of sp³-hybridized carbons (Fsp3) is 0.238. The van der Waals surface area contributed by atoms with Gasteiger partial charge in [-0.2, -0.15) is 9.40 Å². The molecule has 1 saturated carbocycles. The summed E-state index contributed by atoms with van der Waals surface area (Å²) in [6.45, 7) is 0.579. The summed E-state index contributed by atoms with van der Waals surface area (Å²) in [5.41, 5.74) is 2.06. The third kappa shape index (κ3) is 4.38. The lowest BCUT2D eigenvalue weighted by Gasteiger charge is -2.16. The topological polar surface area (TPSA) is 84.3 Å². The number of anilines is 1. The van der Waals surface area contributed by atoms with Gasteiger partial charge in [0.2, 0.25) is 10.0 Å². The molecule has 3 aromatic rings. The molecule has 0 saturated heterocycles. The molecule has 1 aliphatic carbocycles. The summed E-state index contributed by atoms with van der Waals surface area (Å²) < 4.78 is 28.2. The van der Waals surface area contributed by atoms with E-state index in [1.54, 1.807) is 30.1 Å². The number of nitrogens with one attached hydrogen (secondary N) is 1. The van der Waals surface area contributed by atoms with Gasteiger partial charge >= 0.3 is 0 Å². The quantitative estimate of drug-likeness (QED) is 0.649. The van der Waals surface area contributed by atoms with Gasteiger partial charge in [-0.1, -0.05) is 30.3 Å². The van der Waals surface area contributed by atoms with Crippen LogP contribution >= 0.6 is 0 Å². The first-order chi connectivity index (χ1) is 13.9. The van der Waals surface area contributed by atoms with E-state index in [9.17, 15) is 13.2 Å². The summed E-state index contributed by atoms with van der Waals surface area (Å²) in [6.07, 6.45) is 5.01. The van der Waals surface area contributed by atoms with Crippen LogP contribution in [0.2, 0.25) is 0 Å². The van der Waals surface area contributed by atoms with E-state index < -0.39 is 10.0 Å². The van der Waals surface area contributed by atoms with Crippen LogP contribution in [-0.4, -0.2) is 41.5 Å². The van der Waals surface area contributed by atoms with Crippen molar-refractivity contribution in [2.24, 2.45) is 0 Å². The van der Waals surface area contributed by atoms with E-state index in [1.807, 2.05) is 30.3 Å². The zero-order valence-corrected chi connectivity index (χ0v) is 16.8. The highest BCUT2D eigenvalue weighted by Crippen LogP contribution is 2.30. The molecule has 0 spiro atoms. The lowest BCUT2D eigenvalue weighted by atomic mass is 10.2. The maximum Gasteiger partial charge on any atom is 0.258 e. The summed E-state index contributed by atoms with van der Waals surface area (Å²) in [5.74, 6) is -0.296. The van der Waals surface area contributed by atoms with Gasteiger partial charge in [-0.25, -0.2) is 8.42 Å². The molecule has 0 aliphatic heterocycles. The Bertz CT molecular complexity index is 1100. The predicted octanol–water partition coefficient (Wildman–Crippen LogP) is 2.97. The first-order valence-electron chi connectivity index (χ1n) is 9.39. The number of rotatable bonds is 7. The number of benzene rings is 2. The van der Waals surface area contributed by atoms with Crippen LogP contribution in [0.1, 0.15) is 28.8 Å². The molecular formula is C21H22N4O3S. The molecule has 1 aromatic heterocycles. The van der Waals surface area contributed by atoms with Crippen LogP contribution in [0.5, 0.6) is 0 Å². The molecule has 0 radical (unpaired) electrons. The first-order valence-corrected chi connectivity index (χ1v) is 10.8. The van der Waals surface area contributed by atoms with Gasteiger partial charge in [-0.15, -0.1) is 0 Å². The van der Waals surface area contributed by atoms with Gasteiger partial charge in [0.25, 0.3) is 5.91 Å². The van der Waals surface area contributed by atoms with Gasteiger partial charge in [0, 0.05) is 25.0 Å². The third-order valence-electron chi connectivity index (χ3n) is 4.93. The molecule has 0 atom stereocenters. The Morgan fingerprint density at radius 3 is 2.48 bits per heavy atom. The fourth-order valence-electron chi connectivity index (χ4n) is 3.05. The SMILES string of the molecule is CN(C1CC1)S(=O)(=O)c1ccc(NC(=O)c2cnn(Cc3ccccc3)c2)cc1. The van der Waals surface area contributed by atoms with E-state index in [2.05, 4.69) is 10.4 Å². The van der Waals surface area contributed by atoms with Gasteiger partial charge in [0.15, 0.2) is 0 Å². The van der Waals surface area contributed by atoms with Crippen LogP contribution in [0.3, 0.4) is 0 Å². The number of hydrogen-bond acceptors (Lipinski definition) is 4. The summed E-state index contributed by atoms with van der Waals surface area (Å²) in [7, 11) is -1.89. The molecule has 150 valence electrons. The van der Waals surface area contributed by atoms with E-state index >= 15 is 0 Å². The smallest absolute Gasteiger partial charge is 0.258 e.